The molecule has 1 aliphatic heterocycles. The smallest absolute Gasteiger partial charge is 0.185 e. The van der Waals surface area contributed by atoms with Crippen molar-refractivity contribution in [1.82, 2.24) is 0 Å². The molecule has 4 unspecified atom stereocenters. The third-order valence-corrected chi connectivity index (χ3v) is 2.92. The van der Waals surface area contributed by atoms with Gasteiger partial charge in [-0.2, -0.15) is 0 Å². The molecule has 5 atom stereocenters. The van der Waals surface area contributed by atoms with Gasteiger partial charge in [0.05, 0.1) is 24.8 Å². The Morgan fingerprint density at radius 1 is 1.35 bits per heavy atom. The Balaban J connectivity index is 2.44. The number of aliphatic hydroxyl groups is 1. The molecule has 17 heavy (non-hydrogen) atoms. The molecule has 0 amide bonds. The van der Waals surface area contributed by atoms with E-state index in [0.29, 0.717) is 6.61 Å². The van der Waals surface area contributed by atoms with Crippen LogP contribution in [-0.4, -0.2) is 48.8 Å². The highest BCUT2D eigenvalue weighted by Gasteiger charge is 2.41. The molecule has 0 aromatic carbocycles. The van der Waals surface area contributed by atoms with Crippen molar-refractivity contribution in [2.75, 3.05) is 13.2 Å². The highest BCUT2D eigenvalue weighted by Crippen LogP contribution is 2.19. The van der Waals surface area contributed by atoms with Crippen LogP contribution in [0, 0.1) is 0 Å². The molecule has 6 nitrogen and oxygen atoms in total. The zero-order valence-electron chi connectivity index (χ0n) is 10.00. The first kappa shape index (κ1) is 14.6. The van der Waals surface area contributed by atoms with E-state index in [1.807, 2.05) is 6.08 Å². The molecule has 1 heterocycles. The van der Waals surface area contributed by atoms with Gasteiger partial charge in [0.2, 0.25) is 0 Å². The van der Waals surface area contributed by atoms with Crippen molar-refractivity contribution in [2.45, 2.75) is 43.4 Å². The second-order valence-corrected chi connectivity index (χ2v) is 4.23. The van der Waals surface area contributed by atoms with E-state index in [4.69, 9.17) is 26.7 Å². The fraction of sp³-hybridized carbons (Fsp3) is 0.818. The van der Waals surface area contributed by atoms with Gasteiger partial charge in [-0.15, -0.1) is 6.58 Å². The minimum atomic E-state index is -0.920. The van der Waals surface area contributed by atoms with Gasteiger partial charge in [0.1, 0.15) is 6.10 Å². The van der Waals surface area contributed by atoms with E-state index in [9.17, 15) is 5.11 Å². The normalized spacial score (nSPS) is 38.0. The van der Waals surface area contributed by atoms with Crippen molar-refractivity contribution < 1.29 is 14.6 Å². The summed E-state index contributed by atoms with van der Waals surface area (Å²) in [6, 6.07) is -1.05. The topological polar surface area (TPSA) is 117 Å². The average molecular weight is 245 g/mol. The second kappa shape index (κ2) is 7.05. The summed E-state index contributed by atoms with van der Waals surface area (Å²) in [4.78, 5) is 0. The Kier molecular flexibility index (Phi) is 6.04. The summed E-state index contributed by atoms with van der Waals surface area (Å²) in [7, 11) is 0. The monoisotopic (exact) mass is 245 g/mol. The van der Waals surface area contributed by atoms with E-state index in [1.165, 1.54) is 0 Å². The van der Waals surface area contributed by atoms with Gasteiger partial charge in [0.25, 0.3) is 0 Å². The molecule has 0 bridgehead atoms. The Bertz CT molecular complexity index is 238. The van der Waals surface area contributed by atoms with Crippen molar-refractivity contribution in [3.05, 3.63) is 12.7 Å². The number of hydrogen-bond donors (Lipinski definition) is 4. The lowest BCUT2D eigenvalue weighted by Gasteiger charge is -2.41. The fourth-order valence-corrected chi connectivity index (χ4v) is 1.78. The van der Waals surface area contributed by atoms with Gasteiger partial charge in [-0.1, -0.05) is 6.08 Å². The lowest BCUT2D eigenvalue weighted by atomic mass is 9.95. The van der Waals surface area contributed by atoms with Crippen LogP contribution in [0.5, 0.6) is 0 Å². The van der Waals surface area contributed by atoms with E-state index in [0.717, 1.165) is 12.8 Å². The Morgan fingerprint density at radius 2 is 2.06 bits per heavy atom. The Morgan fingerprint density at radius 3 is 2.65 bits per heavy atom. The first-order valence-corrected chi connectivity index (χ1v) is 5.89. The maximum atomic E-state index is 9.86. The number of aliphatic hydroxyl groups excluding tert-OH is 1. The molecule has 0 saturated carbocycles. The van der Waals surface area contributed by atoms with Crippen LogP contribution >= 0.6 is 0 Å². The number of rotatable bonds is 6. The van der Waals surface area contributed by atoms with Crippen LogP contribution in [0.1, 0.15) is 12.8 Å². The standard InChI is InChI=1S/C11H23N3O3/c1-2-3-4-5-16-11-10(15)9(14)8(13)7(6-12)17-11/h2,7-11,15H,1,3-6,12-14H2/t7?,8?,9-,10?,11?/m0/s1. The van der Waals surface area contributed by atoms with Crippen LogP contribution in [0.2, 0.25) is 0 Å². The lowest BCUT2D eigenvalue weighted by Crippen LogP contribution is -2.66. The van der Waals surface area contributed by atoms with Crippen LogP contribution in [0.3, 0.4) is 0 Å². The first-order valence-electron chi connectivity index (χ1n) is 5.89. The molecule has 1 saturated heterocycles. The minimum absolute atomic E-state index is 0.258. The number of nitrogens with two attached hydrogens (primary N) is 3. The Hall–Kier alpha value is -0.500. The van der Waals surface area contributed by atoms with Gasteiger partial charge in [0.15, 0.2) is 6.29 Å². The third-order valence-electron chi connectivity index (χ3n) is 2.92. The van der Waals surface area contributed by atoms with Crippen LogP contribution in [0.4, 0.5) is 0 Å². The number of unbranched alkanes of at least 4 members (excludes halogenated alkanes) is 1. The molecule has 0 radical (unpaired) electrons. The summed E-state index contributed by atoms with van der Waals surface area (Å²) >= 11 is 0. The van der Waals surface area contributed by atoms with E-state index in [-0.39, 0.29) is 12.6 Å². The molecule has 0 aromatic heterocycles. The van der Waals surface area contributed by atoms with E-state index >= 15 is 0 Å². The molecule has 7 N–H and O–H groups in total. The molecule has 100 valence electrons. The van der Waals surface area contributed by atoms with Gasteiger partial charge in [-0.25, -0.2) is 0 Å². The molecular weight excluding hydrogens is 222 g/mol. The molecule has 1 rings (SSSR count). The van der Waals surface area contributed by atoms with Crippen LogP contribution in [0.25, 0.3) is 0 Å². The largest absolute Gasteiger partial charge is 0.386 e. The van der Waals surface area contributed by atoms with Gasteiger partial charge in [0, 0.05) is 6.54 Å². The summed E-state index contributed by atoms with van der Waals surface area (Å²) in [5, 5.41) is 9.86. The highest BCUT2D eigenvalue weighted by atomic mass is 16.7. The predicted molar refractivity (Wildman–Crippen MR) is 65.1 cm³/mol. The van der Waals surface area contributed by atoms with Crippen LogP contribution < -0.4 is 17.2 Å². The summed E-state index contributed by atoms with van der Waals surface area (Å²) in [5.74, 6) is 0. The predicted octanol–water partition coefficient (Wildman–Crippen LogP) is -1.33. The van der Waals surface area contributed by atoms with E-state index in [2.05, 4.69) is 6.58 Å². The zero-order valence-corrected chi connectivity index (χ0v) is 10.00. The molecule has 1 aliphatic rings. The molecule has 0 spiro atoms. The molecule has 1 fully saturated rings. The van der Waals surface area contributed by atoms with Crippen molar-refractivity contribution in [3.8, 4) is 0 Å². The number of allylic oxidation sites excluding steroid dienone is 1. The quantitative estimate of drug-likeness (QED) is 0.340. The zero-order chi connectivity index (χ0) is 12.8. The summed E-state index contributed by atoms with van der Waals surface area (Å²) in [5.41, 5.74) is 17.1. The average Bonchev–Trinajstić information content (AvgIpc) is 2.34. The van der Waals surface area contributed by atoms with Crippen LogP contribution in [0.15, 0.2) is 12.7 Å². The fourth-order valence-electron chi connectivity index (χ4n) is 1.78. The van der Waals surface area contributed by atoms with Gasteiger partial charge < -0.3 is 31.8 Å². The van der Waals surface area contributed by atoms with Crippen molar-refractivity contribution >= 4 is 0 Å². The first-order chi connectivity index (χ1) is 8.11. The molecule has 0 aromatic rings. The molecule has 0 aliphatic carbocycles. The maximum absolute atomic E-state index is 9.86. The minimum Gasteiger partial charge on any atom is -0.386 e. The van der Waals surface area contributed by atoms with Crippen LogP contribution in [-0.2, 0) is 9.47 Å². The van der Waals surface area contributed by atoms with E-state index in [1.54, 1.807) is 0 Å². The maximum Gasteiger partial charge on any atom is 0.185 e. The highest BCUT2D eigenvalue weighted by molar-refractivity contribution is 4.95. The summed E-state index contributed by atoms with van der Waals surface area (Å²) in [6.45, 7) is 4.36. The SMILES string of the molecule is C=CCCCOC1OC(CN)C(N)[C@H](N)C1O. The third kappa shape index (κ3) is 3.74. The molecule has 6 heteroatoms. The number of ether oxygens (including phenoxy) is 2. The Labute approximate surface area is 102 Å². The van der Waals surface area contributed by atoms with E-state index < -0.39 is 24.5 Å². The van der Waals surface area contributed by atoms with Gasteiger partial charge in [-0.3, -0.25) is 0 Å². The summed E-state index contributed by atoms with van der Waals surface area (Å²) in [6.07, 6.45) is 1.45. The van der Waals surface area contributed by atoms with Crippen molar-refractivity contribution in [2.24, 2.45) is 17.2 Å². The van der Waals surface area contributed by atoms with Gasteiger partial charge >= 0.3 is 0 Å². The van der Waals surface area contributed by atoms with Crippen molar-refractivity contribution in [1.29, 1.82) is 0 Å². The number of hydrogen-bond acceptors (Lipinski definition) is 6. The molecular formula is C11H23N3O3. The van der Waals surface area contributed by atoms with Gasteiger partial charge in [-0.05, 0) is 12.8 Å². The lowest BCUT2D eigenvalue weighted by molar-refractivity contribution is -0.247. The second-order valence-electron chi connectivity index (χ2n) is 4.23. The van der Waals surface area contributed by atoms with Crippen molar-refractivity contribution in [3.63, 3.8) is 0 Å². The summed E-state index contributed by atoms with van der Waals surface area (Å²) < 4.78 is 10.9.